The van der Waals surface area contributed by atoms with Gasteiger partial charge in [0.05, 0.1) is 9.79 Å². The van der Waals surface area contributed by atoms with Gasteiger partial charge >= 0.3 is 0 Å². The first kappa shape index (κ1) is 19.7. The largest absolute Gasteiger partial charge is 0.454 e. The summed E-state index contributed by atoms with van der Waals surface area (Å²) in [5, 5.41) is 0. The van der Waals surface area contributed by atoms with Crippen molar-refractivity contribution in [3.05, 3.63) is 127 Å². The molecule has 0 aromatic heterocycles. The molecule has 0 saturated heterocycles. The number of fused-ring (bicyclic) bond motifs is 2. The lowest BCUT2D eigenvalue weighted by Gasteiger charge is -2.26. The Labute approximate surface area is 198 Å². The van der Waals surface area contributed by atoms with Crippen molar-refractivity contribution in [3.63, 3.8) is 0 Å². The SMILES string of the molecule is c1ccc(N(c2ccccc2)c2ccc(-c3cccc4c3Oc3ccccc3S4)cc2)cc1. The van der Waals surface area contributed by atoms with Crippen LogP contribution in [0, 0.1) is 0 Å². The molecule has 5 aromatic rings. The van der Waals surface area contributed by atoms with E-state index in [0.29, 0.717) is 0 Å². The second kappa shape index (κ2) is 8.53. The van der Waals surface area contributed by atoms with Crippen molar-refractivity contribution < 1.29 is 4.74 Å². The first-order valence-corrected chi connectivity index (χ1v) is 11.8. The number of rotatable bonds is 4. The molecule has 5 aromatic carbocycles. The van der Waals surface area contributed by atoms with Gasteiger partial charge in [-0.2, -0.15) is 0 Å². The van der Waals surface area contributed by atoms with Crippen LogP contribution in [-0.2, 0) is 0 Å². The molecule has 2 nitrogen and oxygen atoms in total. The summed E-state index contributed by atoms with van der Waals surface area (Å²) in [4.78, 5) is 4.57. The third kappa shape index (κ3) is 3.77. The molecular weight excluding hydrogens is 422 g/mol. The maximum absolute atomic E-state index is 6.35. The third-order valence-corrected chi connectivity index (χ3v) is 6.82. The van der Waals surface area contributed by atoms with Crippen molar-refractivity contribution in [2.75, 3.05) is 4.90 Å². The number of benzene rings is 5. The maximum atomic E-state index is 6.35. The van der Waals surface area contributed by atoms with Gasteiger partial charge in [-0.25, -0.2) is 0 Å². The zero-order valence-corrected chi connectivity index (χ0v) is 18.7. The molecular formula is C30H21NOS. The van der Waals surface area contributed by atoms with Crippen LogP contribution in [0.15, 0.2) is 137 Å². The van der Waals surface area contributed by atoms with Crippen molar-refractivity contribution in [3.8, 4) is 22.6 Å². The fraction of sp³-hybridized carbons (Fsp3) is 0. The Morgan fingerprint density at radius 1 is 0.485 bits per heavy atom. The van der Waals surface area contributed by atoms with Gasteiger partial charge in [-0.1, -0.05) is 84.6 Å². The summed E-state index contributed by atoms with van der Waals surface area (Å²) in [6.45, 7) is 0. The highest BCUT2D eigenvalue weighted by Gasteiger charge is 2.21. The zero-order valence-electron chi connectivity index (χ0n) is 17.9. The predicted octanol–water partition coefficient (Wildman–Crippen LogP) is 9.08. The molecule has 1 aliphatic rings. The number of nitrogens with zero attached hydrogens (tertiary/aromatic N) is 1. The van der Waals surface area contributed by atoms with Crippen LogP contribution >= 0.6 is 11.8 Å². The van der Waals surface area contributed by atoms with Gasteiger partial charge < -0.3 is 9.64 Å². The molecule has 0 fully saturated rings. The summed E-state index contributed by atoms with van der Waals surface area (Å²) in [7, 11) is 0. The summed E-state index contributed by atoms with van der Waals surface area (Å²) in [5.74, 6) is 1.84. The highest BCUT2D eigenvalue weighted by Crippen LogP contribution is 2.50. The number of hydrogen-bond acceptors (Lipinski definition) is 3. The van der Waals surface area contributed by atoms with Gasteiger partial charge in [0.2, 0.25) is 0 Å². The van der Waals surface area contributed by atoms with E-state index in [2.05, 4.69) is 102 Å². The molecule has 0 spiro atoms. The summed E-state index contributed by atoms with van der Waals surface area (Å²) in [5.41, 5.74) is 5.61. The quantitative estimate of drug-likeness (QED) is 0.270. The smallest absolute Gasteiger partial charge is 0.149 e. The standard InChI is InChI=1S/C30H21NOS/c1-3-10-23(11-4-1)31(24-12-5-2-6-13-24)25-20-18-22(19-21-25)26-14-9-17-29-30(26)32-27-15-7-8-16-28(27)33-29/h1-21H. The Morgan fingerprint density at radius 3 is 1.76 bits per heavy atom. The van der Waals surface area contributed by atoms with Crippen molar-refractivity contribution in [1.82, 2.24) is 0 Å². The summed E-state index contributed by atoms with van der Waals surface area (Å²) < 4.78 is 6.35. The molecule has 0 bridgehead atoms. The summed E-state index contributed by atoms with van der Waals surface area (Å²) >= 11 is 1.76. The third-order valence-electron chi connectivity index (χ3n) is 5.73. The molecule has 0 amide bonds. The fourth-order valence-electron chi connectivity index (χ4n) is 4.17. The van der Waals surface area contributed by atoms with E-state index in [0.717, 1.165) is 49.5 Å². The van der Waals surface area contributed by atoms with E-state index in [9.17, 15) is 0 Å². The highest BCUT2D eigenvalue weighted by atomic mass is 32.2. The molecule has 0 radical (unpaired) electrons. The van der Waals surface area contributed by atoms with Crippen LogP contribution in [0.4, 0.5) is 17.1 Å². The van der Waals surface area contributed by atoms with E-state index in [1.807, 2.05) is 30.3 Å². The Balaban J connectivity index is 1.39. The Kier molecular flexibility index (Phi) is 5.10. The van der Waals surface area contributed by atoms with E-state index in [4.69, 9.17) is 4.74 Å². The zero-order chi connectivity index (χ0) is 22.0. The minimum Gasteiger partial charge on any atom is -0.454 e. The second-order valence-corrected chi connectivity index (χ2v) is 8.92. The van der Waals surface area contributed by atoms with Crippen molar-refractivity contribution in [1.29, 1.82) is 0 Å². The van der Waals surface area contributed by atoms with Crippen molar-refractivity contribution in [2.24, 2.45) is 0 Å². The molecule has 0 N–H and O–H groups in total. The van der Waals surface area contributed by atoms with Crippen LogP contribution in [0.3, 0.4) is 0 Å². The molecule has 1 heterocycles. The highest BCUT2D eigenvalue weighted by molar-refractivity contribution is 7.99. The fourth-order valence-corrected chi connectivity index (χ4v) is 5.15. The number of ether oxygens (including phenoxy) is 1. The number of anilines is 3. The lowest BCUT2D eigenvalue weighted by molar-refractivity contribution is 0.456. The van der Waals surface area contributed by atoms with Gasteiger partial charge in [0.25, 0.3) is 0 Å². The van der Waals surface area contributed by atoms with Crippen LogP contribution in [0.5, 0.6) is 11.5 Å². The molecule has 0 atom stereocenters. The van der Waals surface area contributed by atoms with Crippen LogP contribution < -0.4 is 9.64 Å². The minimum absolute atomic E-state index is 0.915. The van der Waals surface area contributed by atoms with E-state index in [1.165, 1.54) is 0 Å². The van der Waals surface area contributed by atoms with Crippen molar-refractivity contribution >= 4 is 28.8 Å². The normalized spacial score (nSPS) is 11.8. The van der Waals surface area contributed by atoms with Crippen LogP contribution in [-0.4, -0.2) is 0 Å². The van der Waals surface area contributed by atoms with Gasteiger partial charge in [-0.15, -0.1) is 0 Å². The summed E-state index contributed by atoms with van der Waals surface area (Å²) in [6.07, 6.45) is 0. The number of hydrogen-bond donors (Lipinski definition) is 0. The molecule has 6 rings (SSSR count). The minimum atomic E-state index is 0.915. The van der Waals surface area contributed by atoms with E-state index < -0.39 is 0 Å². The van der Waals surface area contributed by atoms with Gasteiger partial charge in [-0.05, 0) is 60.2 Å². The first-order valence-electron chi connectivity index (χ1n) is 11.0. The molecule has 0 unspecified atom stereocenters. The van der Waals surface area contributed by atoms with Gasteiger partial charge in [0, 0.05) is 22.6 Å². The number of para-hydroxylation sites is 4. The average molecular weight is 444 g/mol. The van der Waals surface area contributed by atoms with Crippen LogP contribution in [0.2, 0.25) is 0 Å². The van der Waals surface area contributed by atoms with Gasteiger partial charge in [0.15, 0.2) is 0 Å². The van der Waals surface area contributed by atoms with E-state index >= 15 is 0 Å². The van der Waals surface area contributed by atoms with Crippen LogP contribution in [0.1, 0.15) is 0 Å². The predicted molar refractivity (Wildman–Crippen MR) is 137 cm³/mol. The lowest BCUT2D eigenvalue weighted by Crippen LogP contribution is -2.09. The average Bonchev–Trinajstić information content (AvgIpc) is 2.89. The Hall–Kier alpha value is -3.95. The van der Waals surface area contributed by atoms with E-state index in [1.54, 1.807) is 11.8 Å². The molecule has 0 aliphatic carbocycles. The van der Waals surface area contributed by atoms with Gasteiger partial charge in [0.1, 0.15) is 11.5 Å². The lowest BCUT2D eigenvalue weighted by atomic mass is 10.0. The molecule has 1 aliphatic heterocycles. The summed E-state index contributed by atoms with van der Waals surface area (Å²) in [6, 6.07) is 44.2. The second-order valence-electron chi connectivity index (χ2n) is 7.84. The molecule has 3 heteroatoms. The van der Waals surface area contributed by atoms with Crippen LogP contribution in [0.25, 0.3) is 11.1 Å². The molecule has 33 heavy (non-hydrogen) atoms. The molecule has 0 saturated carbocycles. The van der Waals surface area contributed by atoms with E-state index in [-0.39, 0.29) is 0 Å². The maximum Gasteiger partial charge on any atom is 0.149 e. The Morgan fingerprint density at radius 2 is 1.06 bits per heavy atom. The Bertz CT molecular complexity index is 1360. The van der Waals surface area contributed by atoms with Gasteiger partial charge in [-0.3, -0.25) is 0 Å². The topological polar surface area (TPSA) is 12.5 Å². The first-order chi connectivity index (χ1) is 16.4. The monoisotopic (exact) mass is 443 g/mol. The molecule has 158 valence electrons. The van der Waals surface area contributed by atoms with Crippen molar-refractivity contribution in [2.45, 2.75) is 9.79 Å².